The molecule has 0 bridgehead atoms. The Morgan fingerprint density at radius 2 is 1.96 bits per heavy atom. The molecule has 0 unspecified atom stereocenters. The molecule has 0 fully saturated rings. The summed E-state index contributed by atoms with van der Waals surface area (Å²) in [6.07, 6.45) is 0.871. The standard InChI is InChI=1S/C16H17N3O2.2ClH/c1-11-2-5-15(18-17-11)13-3-4-14-9-19(10-16(20)21)7-6-12(14)8-13;;/h2-5,8H,6-7,9-10H2,1H3,(H,20,21);2*1H. The minimum Gasteiger partial charge on any atom is -0.480 e. The molecule has 1 aliphatic heterocycles. The summed E-state index contributed by atoms with van der Waals surface area (Å²) in [6.45, 7) is 3.50. The Kier molecular flexibility index (Phi) is 6.94. The van der Waals surface area contributed by atoms with Crippen molar-refractivity contribution in [2.75, 3.05) is 13.1 Å². The van der Waals surface area contributed by atoms with Gasteiger partial charge in [0.25, 0.3) is 0 Å². The van der Waals surface area contributed by atoms with Gasteiger partial charge in [0.2, 0.25) is 0 Å². The topological polar surface area (TPSA) is 66.3 Å². The van der Waals surface area contributed by atoms with Gasteiger partial charge in [0.05, 0.1) is 17.9 Å². The fourth-order valence-corrected chi connectivity index (χ4v) is 2.65. The highest BCUT2D eigenvalue weighted by atomic mass is 35.5. The molecular formula is C16H19Cl2N3O2. The summed E-state index contributed by atoms with van der Waals surface area (Å²) in [6, 6.07) is 10.2. The van der Waals surface area contributed by atoms with Crippen LogP contribution in [-0.4, -0.2) is 39.3 Å². The zero-order valence-electron chi connectivity index (χ0n) is 12.7. The van der Waals surface area contributed by atoms with Gasteiger partial charge in [-0.15, -0.1) is 24.8 Å². The lowest BCUT2D eigenvalue weighted by molar-refractivity contribution is -0.138. The Balaban J connectivity index is 0.00000132. The summed E-state index contributed by atoms with van der Waals surface area (Å²) < 4.78 is 0. The van der Waals surface area contributed by atoms with Crippen molar-refractivity contribution in [3.63, 3.8) is 0 Å². The Bertz CT molecular complexity index is 678. The van der Waals surface area contributed by atoms with Crippen molar-refractivity contribution in [2.24, 2.45) is 0 Å². The van der Waals surface area contributed by atoms with E-state index >= 15 is 0 Å². The van der Waals surface area contributed by atoms with E-state index < -0.39 is 5.97 Å². The third-order valence-electron chi connectivity index (χ3n) is 3.75. The molecule has 1 aromatic heterocycles. The predicted octanol–water partition coefficient (Wildman–Crippen LogP) is 2.74. The number of halogens is 2. The van der Waals surface area contributed by atoms with E-state index in [4.69, 9.17) is 5.11 Å². The average molecular weight is 356 g/mol. The van der Waals surface area contributed by atoms with Crippen molar-refractivity contribution in [1.82, 2.24) is 15.1 Å². The normalized spacial score (nSPS) is 13.4. The molecule has 1 aliphatic rings. The van der Waals surface area contributed by atoms with Crippen LogP contribution in [0.25, 0.3) is 11.3 Å². The fourth-order valence-electron chi connectivity index (χ4n) is 2.65. The molecule has 2 aromatic rings. The molecule has 0 amide bonds. The molecule has 3 rings (SSSR count). The zero-order valence-corrected chi connectivity index (χ0v) is 14.4. The highest BCUT2D eigenvalue weighted by Crippen LogP contribution is 2.25. The van der Waals surface area contributed by atoms with Crippen LogP contribution in [0.3, 0.4) is 0 Å². The number of carboxylic acid groups (broad SMARTS) is 1. The van der Waals surface area contributed by atoms with E-state index in [1.165, 1.54) is 11.1 Å². The fraction of sp³-hybridized carbons (Fsp3) is 0.312. The number of carboxylic acids is 1. The minimum absolute atomic E-state index is 0. The van der Waals surface area contributed by atoms with E-state index in [9.17, 15) is 4.79 Å². The second kappa shape index (κ2) is 8.24. The molecule has 1 aromatic carbocycles. The molecule has 0 aliphatic carbocycles. The highest BCUT2D eigenvalue weighted by Gasteiger charge is 2.18. The maximum absolute atomic E-state index is 10.8. The van der Waals surface area contributed by atoms with Gasteiger partial charge >= 0.3 is 5.97 Å². The van der Waals surface area contributed by atoms with Gasteiger partial charge in [-0.1, -0.05) is 12.1 Å². The first kappa shape index (κ1) is 19.4. The summed E-state index contributed by atoms with van der Waals surface area (Å²) in [4.78, 5) is 12.7. The summed E-state index contributed by atoms with van der Waals surface area (Å²) in [7, 11) is 0. The summed E-state index contributed by atoms with van der Waals surface area (Å²) in [5.41, 5.74) is 5.31. The van der Waals surface area contributed by atoms with Crippen molar-refractivity contribution in [2.45, 2.75) is 19.9 Å². The maximum atomic E-state index is 10.8. The van der Waals surface area contributed by atoms with Gasteiger partial charge in [-0.25, -0.2) is 0 Å². The summed E-state index contributed by atoms with van der Waals surface area (Å²) in [5, 5.41) is 17.2. The lowest BCUT2D eigenvalue weighted by atomic mass is 9.96. The first-order valence-corrected chi connectivity index (χ1v) is 6.98. The van der Waals surface area contributed by atoms with Gasteiger partial charge in [-0.3, -0.25) is 9.69 Å². The second-order valence-corrected chi connectivity index (χ2v) is 5.40. The highest BCUT2D eigenvalue weighted by molar-refractivity contribution is 5.85. The van der Waals surface area contributed by atoms with Crippen LogP contribution in [0.1, 0.15) is 16.8 Å². The maximum Gasteiger partial charge on any atom is 0.317 e. The Morgan fingerprint density at radius 3 is 2.61 bits per heavy atom. The molecule has 1 N–H and O–H groups in total. The van der Waals surface area contributed by atoms with Crippen molar-refractivity contribution in [1.29, 1.82) is 0 Å². The third-order valence-corrected chi connectivity index (χ3v) is 3.75. The van der Waals surface area contributed by atoms with E-state index in [1.54, 1.807) is 0 Å². The molecule has 0 spiro atoms. The Morgan fingerprint density at radius 1 is 1.17 bits per heavy atom. The molecule has 0 radical (unpaired) electrons. The lowest BCUT2D eigenvalue weighted by Crippen LogP contribution is -2.34. The van der Waals surface area contributed by atoms with Gasteiger partial charge in [-0.2, -0.15) is 10.2 Å². The van der Waals surface area contributed by atoms with Gasteiger partial charge < -0.3 is 5.11 Å². The molecule has 0 saturated carbocycles. The van der Waals surface area contributed by atoms with Crippen molar-refractivity contribution >= 4 is 30.8 Å². The van der Waals surface area contributed by atoms with Crippen LogP contribution in [-0.2, 0) is 17.8 Å². The predicted molar refractivity (Wildman–Crippen MR) is 93.3 cm³/mol. The molecular weight excluding hydrogens is 337 g/mol. The van der Waals surface area contributed by atoms with Crippen LogP contribution in [0.2, 0.25) is 0 Å². The molecule has 5 nitrogen and oxygen atoms in total. The molecule has 124 valence electrons. The van der Waals surface area contributed by atoms with E-state index in [0.29, 0.717) is 6.54 Å². The smallest absolute Gasteiger partial charge is 0.317 e. The Labute approximate surface area is 147 Å². The zero-order chi connectivity index (χ0) is 14.8. The third kappa shape index (κ3) is 4.64. The quantitative estimate of drug-likeness (QED) is 0.916. The van der Waals surface area contributed by atoms with Crippen LogP contribution < -0.4 is 0 Å². The van der Waals surface area contributed by atoms with Crippen molar-refractivity contribution in [3.8, 4) is 11.3 Å². The molecule has 2 heterocycles. The van der Waals surface area contributed by atoms with E-state index in [0.717, 1.165) is 29.9 Å². The first-order chi connectivity index (χ1) is 10.1. The van der Waals surface area contributed by atoms with Crippen LogP contribution >= 0.6 is 24.8 Å². The average Bonchev–Trinajstić information content (AvgIpc) is 2.47. The first-order valence-electron chi connectivity index (χ1n) is 6.98. The number of aryl methyl sites for hydroxylation is 1. The lowest BCUT2D eigenvalue weighted by Gasteiger charge is -2.27. The molecule has 0 atom stereocenters. The summed E-state index contributed by atoms with van der Waals surface area (Å²) >= 11 is 0. The van der Waals surface area contributed by atoms with Crippen LogP contribution in [0, 0.1) is 6.92 Å². The van der Waals surface area contributed by atoms with Gasteiger partial charge in [-0.05, 0) is 42.7 Å². The number of hydrogen-bond donors (Lipinski definition) is 1. The van der Waals surface area contributed by atoms with Crippen LogP contribution in [0.15, 0.2) is 30.3 Å². The number of aromatic nitrogens is 2. The van der Waals surface area contributed by atoms with Gasteiger partial charge in [0, 0.05) is 18.7 Å². The number of benzene rings is 1. The summed E-state index contributed by atoms with van der Waals surface area (Å²) in [5.74, 6) is -0.773. The Hall–Kier alpha value is -1.69. The van der Waals surface area contributed by atoms with E-state index in [1.807, 2.05) is 30.0 Å². The number of aliphatic carboxylic acids is 1. The van der Waals surface area contributed by atoms with Crippen molar-refractivity contribution in [3.05, 3.63) is 47.2 Å². The number of carbonyl (C=O) groups is 1. The van der Waals surface area contributed by atoms with Gasteiger partial charge in [0.1, 0.15) is 0 Å². The SMILES string of the molecule is Cc1ccc(-c2ccc3c(c2)CCN(CC(=O)O)C3)nn1.Cl.Cl. The minimum atomic E-state index is -0.773. The molecule has 7 heteroatoms. The largest absolute Gasteiger partial charge is 0.480 e. The molecule has 0 saturated heterocycles. The van der Waals surface area contributed by atoms with Gasteiger partial charge in [0.15, 0.2) is 0 Å². The number of nitrogens with zero attached hydrogens (tertiary/aromatic N) is 3. The monoisotopic (exact) mass is 355 g/mol. The van der Waals surface area contributed by atoms with Crippen LogP contribution in [0.5, 0.6) is 0 Å². The number of rotatable bonds is 3. The second-order valence-electron chi connectivity index (χ2n) is 5.40. The van der Waals surface area contributed by atoms with E-state index in [2.05, 4.69) is 22.3 Å². The number of fused-ring (bicyclic) bond motifs is 1. The molecule has 23 heavy (non-hydrogen) atoms. The number of hydrogen-bond acceptors (Lipinski definition) is 4. The van der Waals surface area contributed by atoms with E-state index in [-0.39, 0.29) is 31.4 Å². The van der Waals surface area contributed by atoms with Crippen LogP contribution in [0.4, 0.5) is 0 Å². The van der Waals surface area contributed by atoms with Crippen molar-refractivity contribution < 1.29 is 9.90 Å².